The Morgan fingerprint density at radius 1 is 0.941 bits per heavy atom. The molecule has 0 heterocycles. The number of carbonyl (C=O) groups excluding carboxylic acids is 4. The Labute approximate surface area is 201 Å². The summed E-state index contributed by atoms with van der Waals surface area (Å²) in [5.74, 6) is -2.48. The van der Waals surface area contributed by atoms with Gasteiger partial charge in [0.25, 0.3) is 0 Å². The predicted octanol–water partition coefficient (Wildman–Crippen LogP) is 2.33. The van der Waals surface area contributed by atoms with Crippen molar-refractivity contribution in [3.63, 3.8) is 0 Å². The molecule has 0 radical (unpaired) electrons. The Balaban J connectivity index is 2.12. The molecule has 0 aliphatic rings. The largest absolute Gasteiger partial charge is 0.350 e. The fourth-order valence-corrected chi connectivity index (χ4v) is 3.25. The molecule has 0 aromatic heterocycles. The highest BCUT2D eigenvalue weighted by atomic mass is 35.5. The van der Waals surface area contributed by atoms with E-state index in [-0.39, 0.29) is 25.8 Å². The Morgan fingerprint density at radius 2 is 1.56 bits per heavy atom. The number of rotatable bonds is 12. The molecule has 0 bridgehead atoms. The van der Waals surface area contributed by atoms with Crippen LogP contribution < -0.4 is 16.0 Å². The molecular weight excluding hydrogens is 463 g/mol. The number of nitrogens with one attached hydrogen (secondary N) is 4. The molecule has 0 saturated carbocycles. The van der Waals surface area contributed by atoms with E-state index in [2.05, 4.69) is 16.0 Å². The molecule has 0 saturated heterocycles. The van der Waals surface area contributed by atoms with E-state index < -0.39 is 41.4 Å². The second kappa shape index (κ2) is 13.2. The highest BCUT2D eigenvalue weighted by Crippen LogP contribution is 2.12. The molecule has 180 valence electrons. The fourth-order valence-electron chi connectivity index (χ4n) is 3.13. The van der Waals surface area contributed by atoms with Gasteiger partial charge in [-0.1, -0.05) is 35.9 Å². The van der Waals surface area contributed by atoms with Crippen LogP contribution in [0, 0.1) is 11.2 Å². The second-order valence-corrected chi connectivity index (χ2v) is 8.07. The van der Waals surface area contributed by atoms with Gasteiger partial charge in [0.2, 0.25) is 17.7 Å². The monoisotopic (exact) mass is 488 g/mol. The van der Waals surface area contributed by atoms with Crippen LogP contribution in [0.15, 0.2) is 48.5 Å². The summed E-state index contributed by atoms with van der Waals surface area (Å²) in [4.78, 5) is 49.0. The van der Waals surface area contributed by atoms with Gasteiger partial charge in [-0.15, -0.1) is 0 Å². The quantitative estimate of drug-likeness (QED) is 0.342. The Hall–Kier alpha value is -3.59. The van der Waals surface area contributed by atoms with Gasteiger partial charge in [-0.2, -0.15) is 0 Å². The number of amides is 3. The zero-order chi connectivity index (χ0) is 25.1. The molecular formula is C24H26ClFN4O4. The van der Waals surface area contributed by atoms with Gasteiger partial charge in [-0.05, 0) is 41.8 Å². The van der Waals surface area contributed by atoms with Gasteiger partial charge in [0.1, 0.15) is 17.9 Å². The number of carbonyl (C=O) groups is 4. The van der Waals surface area contributed by atoms with Gasteiger partial charge >= 0.3 is 0 Å². The lowest BCUT2D eigenvalue weighted by Gasteiger charge is -2.23. The molecule has 0 fully saturated rings. The number of Topliss-reactive ketones (excluding diaryl/α,β-unsaturated/α-hetero) is 1. The first-order valence-corrected chi connectivity index (χ1v) is 10.9. The molecule has 10 heteroatoms. The SMILES string of the molecule is CC(=O)N[C@@H](Cc1ccc(Cl)cc1)C(=O)N[C@@H](CCC(=O)C=N)C(=O)NCc1ccc(F)cc1. The van der Waals surface area contributed by atoms with E-state index in [0.717, 1.165) is 5.56 Å². The van der Waals surface area contributed by atoms with Crippen molar-refractivity contribution in [1.82, 2.24) is 16.0 Å². The summed E-state index contributed by atoms with van der Waals surface area (Å²) in [5.41, 5.74) is 1.39. The van der Waals surface area contributed by atoms with Gasteiger partial charge < -0.3 is 21.4 Å². The molecule has 2 rings (SSSR count). The molecule has 0 aliphatic carbocycles. The Morgan fingerprint density at radius 3 is 2.15 bits per heavy atom. The third kappa shape index (κ3) is 9.11. The smallest absolute Gasteiger partial charge is 0.243 e. The number of benzene rings is 2. The molecule has 0 aliphatic heterocycles. The lowest BCUT2D eigenvalue weighted by Crippen LogP contribution is -2.54. The first-order chi connectivity index (χ1) is 16.2. The highest BCUT2D eigenvalue weighted by Gasteiger charge is 2.26. The summed E-state index contributed by atoms with van der Waals surface area (Å²) in [6.45, 7) is 1.36. The van der Waals surface area contributed by atoms with E-state index in [1.54, 1.807) is 24.3 Å². The average Bonchev–Trinajstić information content (AvgIpc) is 2.81. The summed E-state index contributed by atoms with van der Waals surface area (Å²) >= 11 is 5.90. The van der Waals surface area contributed by atoms with Crippen molar-refractivity contribution in [3.05, 3.63) is 70.5 Å². The topological polar surface area (TPSA) is 128 Å². The lowest BCUT2D eigenvalue weighted by atomic mass is 10.0. The Kier molecular flexibility index (Phi) is 10.3. The van der Waals surface area contributed by atoms with E-state index in [9.17, 15) is 23.6 Å². The molecule has 34 heavy (non-hydrogen) atoms. The standard InChI is InChI=1S/C24H26ClFN4O4/c1-15(31)29-22(12-16-2-6-18(25)7-3-16)24(34)30-21(11-10-20(32)13-27)23(33)28-14-17-4-8-19(26)9-5-17/h2-9,13,21-22,27H,10-12,14H2,1H3,(H,28,33)(H,29,31)(H,30,34)/t21-,22-/m0/s1. The molecule has 4 N–H and O–H groups in total. The normalized spacial score (nSPS) is 12.2. The maximum Gasteiger partial charge on any atom is 0.243 e. The molecule has 3 amide bonds. The van der Waals surface area contributed by atoms with Gasteiger partial charge in [-0.25, -0.2) is 4.39 Å². The third-order valence-corrected chi connectivity index (χ3v) is 5.15. The number of halogens is 2. The van der Waals surface area contributed by atoms with Crippen molar-refractivity contribution < 1.29 is 23.6 Å². The summed E-state index contributed by atoms with van der Waals surface area (Å²) in [6.07, 6.45) is 0.644. The van der Waals surface area contributed by atoms with Crippen LogP contribution in [0.25, 0.3) is 0 Å². The lowest BCUT2D eigenvalue weighted by molar-refractivity contribution is -0.132. The summed E-state index contributed by atoms with van der Waals surface area (Å²) in [7, 11) is 0. The zero-order valence-corrected chi connectivity index (χ0v) is 19.3. The van der Waals surface area contributed by atoms with Crippen LogP contribution in [0.5, 0.6) is 0 Å². The van der Waals surface area contributed by atoms with Crippen LogP contribution in [0.3, 0.4) is 0 Å². The van der Waals surface area contributed by atoms with Crippen LogP contribution in [-0.2, 0) is 32.1 Å². The van der Waals surface area contributed by atoms with Crippen LogP contribution in [-0.4, -0.2) is 41.8 Å². The van der Waals surface area contributed by atoms with Gasteiger partial charge in [-0.3, -0.25) is 19.2 Å². The van der Waals surface area contributed by atoms with Crippen molar-refractivity contribution in [3.8, 4) is 0 Å². The van der Waals surface area contributed by atoms with Gasteiger partial charge in [0.15, 0.2) is 5.78 Å². The molecule has 0 unspecified atom stereocenters. The fraction of sp³-hybridized carbons (Fsp3) is 0.292. The van der Waals surface area contributed by atoms with Gasteiger partial charge in [0, 0.05) is 31.3 Å². The van der Waals surface area contributed by atoms with Crippen molar-refractivity contribution in [1.29, 1.82) is 5.41 Å². The van der Waals surface area contributed by atoms with Crippen molar-refractivity contribution >= 4 is 41.3 Å². The second-order valence-electron chi connectivity index (χ2n) is 7.64. The Bertz CT molecular complexity index is 1030. The average molecular weight is 489 g/mol. The maximum absolute atomic E-state index is 13.1. The van der Waals surface area contributed by atoms with Crippen molar-refractivity contribution in [2.24, 2.45) is 0 Å². The minimum atomic E-state index is -1.08. The van der Waals surface area contributed by atoms with Crippen LogP contribution in [0.4, 0.5) is 4.39 Å². The molecule has 8 nitrogen and oxygen atoms in total. The van der Waals surface area contributed by atoms with Crippen molar-refractivity contribution in [2.75, 3.05) is 0 Å². The van der Waals surface area contributed by atoms with Gasteiger partial charge in [0.05, 0.1) is 6.21 Å². The van der Waals surface area contributed by atoms with E-state index in [0.29, 0.717) is 16.8 Å². The predicted molar refractivity (Wildman–Crippen MR) is 126 cm³/mol. The molecule has 0 spiro atoms. The van der Waals surface area contributed by atoms with E-state index in [1.165, 1.54) is 31.2 Å². The summed E-state index contributed by atoms with van der Waals surface area (Å²) in [5, 5.41) is 15.4. The molecule has 2 atom stereocenters. The van der Waals surface area contributed by atoms with E-state index in [1.807, 2.05) is 0 Å². The number of hydrogen-bond donors (Lipinski definition) is 4. The van der Waals surface area contributed by atoms with Crippen molar-refractivity contribution in [2.45, 2.75) is 44.8 Å². The van der Waals surface area contributed by atoms with Crippen LogP contribution >= 0.6 is 11.6 Å². The summed E-state index contributed by atoms with van der Waals surface area (Å²) < 4.78 is 13.1. The first-order valence-electron chi connectivity index (χ1n) is 10.5. The third-order valence-electron chi connectivity index (χ3n) is 4.90. The van der Waals surface area contributed by atoms with E-state index in [4.69, 9.17) is 17.0 Å². The first kappa shape index (κ1) is 26.7. The zero-order valence-electron chi connectivity index (χ0n) is 18.6. The molecule has 2 aromatic rings. The van der Waals surface area contributed by atoms with Crippen LogP contribution in [0.2, 0.25) is 5.02 Å². The highest BCUT2D eigenvalue weighted by molar-refractivity contribution is 6.30. The minimum absolute atomic E-state index is 0.0387. The van der Waals surface area contributed by atoms with Crippen LogP contribution in [0.1, 0.15) is 30.9 Å². The van der Waals surface area contributed by atoms with E-state index >= 15 is 0 Å². The maximum atomic E-state index is 13.1. The minimum Gasteiger partial charge on any atom is -0.350 e. The number of hydrogen-bond acceptors (Lipinski definition) is 5. The molecule has 2 aromatic carbocycles. The number of ketones is 1. The summed E-state index contributed by atoms with van der Waals surface area (Å²) in [6, 6.07) is 10.3.